The number of esters is 1. The summed E-state index contributed by atoms with van der Waals surface area (Å²) in [7, 11) is 1.37. The predicted octanol–water partition coefficient (Wildman–Crippen LogP) is 13.4. The van der Waals surface area contributed by atoms with Gasteiger partial charge in [0.15, 0.2) is 0 Å². The zero-order chi connectivity index (χ0) is 40.6. The average molecular weight is 804 g/mol. The summed E-state index contributed by atoms with van der Waals surface area (Å²) in [6, 6.07) is 0. The van der Waals surface area contributed by atoms with E-state index in [1.54, 1.807) is 0 Å². The van der Waals surface area contributed by atoms with Crippen LogP contribution in [0.5, 0.6) is 0 Å². The molecule has 2 unspecified atom stereocenters. The molecule has 0 aliphatic rings. The van der Waals surface area contributed by atoms with Crippen molar-refractivity contribution in [3.05, 3.63) is 0 Å². The van der Waals surface area contributed by atoms with Crippen LogP contribution in [0.4, 0.5) is 0 Å². The summed E-state index contributed by atoms with van der Waals surface area (Å²) in [4.78, 5) is 25.0. The maximum absolute atomic E-state index is 12.6. The lowest BCUT2D eigenvalue weighted by molar-refractivity contribution is -0.870. The van der Waals surface area contributed by atoms with Gasteiger partial charge in [-0.15, -0.1) is 0 Å². The SMILES string of the molecule is CCCCCCCCCCCCCCCCCCCCCCCCOCC(COP(=O)([O-])OCC[N+](C)(C)C)OC(=O)CCCCCCCCCCCCC. The standard InChI is InChI=1S/C46H94NO7P/c1-6-8-10-12-14-16-18-19-20-21-22-23-24-25-26-27-28-30-32-34-36-38-41-51-43-45(44-53-55(49,50)52-42-40-47(3,4)5)54-46(48)39-37-35-33-31-29-17-15-13-11-9-7-2/h45H,6-44H2,1-5H3. The number of rotatable bonds is 45. The van der Waals surface area contributed by atoms with Gasteiger partial charge in [0.05, 0.1) is 34.4 Å². The molecule has 0 rings (SSSR count). The van der Waals surface area contributed by atoms with Crippen LogP contribution in [0.15, 0.2) is 0 Å². The molecule has 0 saturated carbocycles. The Kier molecular flexibility index (Phi) is 39.9. The Balaban J connectivity index is 4.04. The Morgan fingerprint density at radius 1 is 0.491 bits per heavy atom. The second-order valence-corrected chi connectivity index (χ2v) is 18.9. The molecule has 0 aromatic carbocycles. The maximum atomic E-state index is 12.6. The van der Waals surface area contributed by atoms with E-state index in [4.69, 9.17) is 18.5 Å². The number of quaternary nitrogens is 1. The molecule has 0 N–H and O–H groups in total. The van der Waals surface area contributed by atoms with Crippen LogP contribution in [0, 0.1) is 0 Å². The lowest BCUT2D eigenvalue weighted by atomic mass is 10.0. The number of likely N-dealkylation sites (N-methyl/N-ethyl adjacent to an activating group) is 1. The molecule has 0 spiro atoms. The fraction of sp³-hybridized carbons (Fsp3) is 0.978. The number of nitrogens with zero attached hydrogens (tertiary/aromatic N) is 1. The largest absolute Gasteiger partial charge is 0.756 e. The van der Waals surface area contributed by atoms with E-state index in [0.717, 1.165) is 32.1 Å². The molecular formula is C46H94NO7P. The third-order valence-electron chi connectivity index (χ3n) is 10.7. The maximum Gasteiger partial charge on any atom is 0.306 e. The van der Waals surface area contributed by atoms with Crippen LogP contribution in [0.25, 0.3) is 0 Å². The molecule has 8 nitrogen and oxygen atoms in total. The van der Waals surface area contributed by atoms with Crippen molar-refractivity contribution in [2.45, 2.75) is 238 Å². The predicted molar refractivity (Wildman–Crippen MR) is 231 cm³/mol. The number of ether oxygens (including phenoxy) is 2. The summed E-state index contributed by atoms with van der Waals surface area (Å²) in [6.07, 6.45) is 42.7. The fourth-order valence-electron chi connectivity index (χ4n) is 6.96. The highest BCUT2D eigenvalue weighted by Gasteiger charge is 2.20. The summed E-state index contributed by atoms with van der Waals surface area (Å²) >= 11 is 0. The topological polar surface area (TPSA) is 94.1 Å². The highest BCUT2D eigenvalue weighted by molar-refractivity contribution is 7.45. The lowest BCUT2D eigenvalue weighted by Gasteiger charge is -2.28. The van der Waals surface area contributed by atoms with E-state index in [1.165, 1.54) is 180 Å². The number of hydrogen-bond acceptors (Lipinski definition) is 7. The first-order chi connectivity index (χ1) is 26.6. The van der Waals surface area contributed by atoms with Gasteiger partial charge in [0, 0.05) is 13.0 Å². The van der Waals surface area contributed by atoms with E-state index in [2.05, 4.69) is 13.8 Å². The van der Waals surface area contributed by atoms with Crippen LogP contribution >= 0.6 is 7.82 Å². The smallest absolute Gasteiger partial charge is 0.306 e. The van der Waals surface area contributed by atoms with Gasteiger partial charge >= 0.3 is 5.97 Å². The molecule has 0 saturated heterocycles. The van der Waals surface area contributed by atoms with E-state index in [-0.39, 0.29) is 25.8 Å². The Labute approximate surface area is 342 Å². The monoisotopic (exact) mass is 804 g/mol. The Hall–Kier alpha value is -0.500. The Morgan fingerprint density at radius 2 is 0.836 bits per heavy atom. The van der Waals surface area contributed by atoms with Crippen LogP contribution in [-0.2, 0) is 27.9 Å². The number of carbonyl (C=O) groups excluding carboxylic acids is 1. The van der Waals surface area contributed by atoms with Crippen molar-refractivity contribution in [3.8, 4) is 0 Å². The summed E-state index contributed by atoms with van der Waals surface area (Å²) in [5.41, 5.74) is 0. The van der Waals surface area contributed by atoms with Gasteiger partial charge in [0.25, 0.3) is 7.82 Å². The van der Waals surface area contributed by atoms with Crippen molar-refractivity contribution in [1.82, 2.24) is 0 Å². The van der Waals surface area contributed by atoms with E-state index in [0.29, 0.717) is 24.1 Å². The van der Waals surface area contributed by atoms with Crippen LogP contribution in [0.3, 0.4) is 0 Å². The molecule has 0 aliphatic heterocycles. The van der Waals surface area contributed by atoms with Crippen LogP contribution in [0.1, 0.15) is 232 Å². The van der Waals surface area contributed by atoms with Crippen LogP contribution in [-0.4, -0.2) is 70.7 Å². The zero-order valence-corrected chi connectivity index (χ0v) is 38.3. The number of phosphoric acid groups is 1. The minimum atomic E-state index is -4.51. The van der Waals surface area contributed by atoms with Gasteiger partial charge in [-0.05, 0) is 12.8 Å². The van der Waals surface area contributed by atoms with Gasteiger partial charge in [0.1, 0.15) is 19.3 Å². The minimum Gasteiger partial charge on any atom is -0.756 e. The van der Waals surface area contributed by atoms with Crippen molar-refractivity contribution >= 4 is 13.8 Å². The van der Waals surface area contributed by atoms with Gasteiger partial charge in [-0.3, -0.25) is 9.36 Å². The lowest BCUT2D eigenvalue weighted by Crippen LogP contribution is -2.37. The molecule has 0 radical (unpaired) electrons. The third-order valence-corrected chi connectivity index (χ3v) is 11.6. The molecule has 0 fully saturated rings. The molecule has 55 heavy (non-hydrogen) atoms. The fourth-order valence-corrected chi connectivity index (χ4v) is 7.69. The number of unbranched alkanes of at least 4 members (excludes halogenated alkanes) is 31. The third kappa shape index (κ3) is 44.4. The number of carbonyl (C=O) groups is 1. The second kappa shape index (κ2) is 40.3. The molecule has 0 aliphatic carbocycles. The molecule has 0 aromatic heterocycles. The van der Waals surface area contributed by atoms with Crippen molar-refractivity contribution in [1.29, 1.82) is 0 Å². The van der Waals surface area contributed by atoms with Crippen molar-refractivity contribution in [3.63, 3.8) is 0 Å². The highest BCUT2D eigenvalue weighted by Crippen LogP contribution is 2.38. The molecule has 0 amide bonds. The van der Waals surface area contributed by atoms with Crippen LogP contribution < -0.4 is 4.89 Å². The molecule has 330 valence electrons. The van der Waals surface area contributed by atoms with Crippen molar-refractivity contribution in [2.75, 3.05) is 54.1 Å². The normalized spacial score (nSPS) is 13.6. The number of phosphoric ester groups is 1. The first-order valence-electron chi connectivity index (χ1n) is 23.8. The average Bonchev–Trinajstić information content (AvgIpc) is 3.13. The Morgan fingerprint density at radius 3 is 1.20 bits per heavy atom. The van der Waals surface area contributed by atoms with Crippen molar-refractivity contribution in [2.24, 2.45) is 0 Å². The van der Waals surface area contributed by atoms with Crippen LogP contribution in [0.2, 0.25) is 0 Å². The highest BCUT2D eigenvalue weighted by atomic mass is 31.2. The first-order valence-corrected chi connectivity index (χ1v) is 25.2. The quantitative estimate of drug-likeness (QED) is 0.0262. The molecule has 2 atom stereocenters. The van der Waals surface area contributed by atoms with Gasteiger partial charge in [-0.1, -0.05) is 213 Å². The summed E-state index contributed by atoms with van der Waals surface area (Å²) in [5.74, 6) is -0.329. The zero-order valence-electron chi connectivity index (χ0n) is 37.4. The van der Waals surface area contributed by atoms with Gasteiger partial charge < -0.3 is 27.9 Å². The molecule has 9 heteroatoms. The van der Waals surface area contributed by atoms with E-state index < -0.39 is 13.9 Å². The molecular weight excluding hydrogens is 709 g/mol. The molecule has 0 aromatic rings. The minimum absolute atomic E-state index is 0.0313. The summed E-state index contributed by atoms with van der Waals surface area (Å²) < 4.78 is 34.6. The van der Waals surface area contributed by atoms with E-state index >= 15 is 0 Å². The van der Waals surface area contributed by atoms with E-state index in [9.17, 15) is 14.3 Å². The van der Waals surface area contributed by atoms with Gasteiger partial charge in [-0.2, -0.15) is 0 Å². The van der Waals surface area contributed by atoms with E-state index in [1.807, 2.05) is 21.1 Å². The van der Waals surface area contributed by atoms with Crippen molar-refractivity contribution < 1.29 is 37.3 Å². The van der Waals surface area contributed by atoms with Gasteiger partial charge in [0.2, 0.25) is 0 Å². The number of hydrogen-bond donors (Lipinski definition) is 0. The Bertz CT molecular complexity index is 853. The summed E-state index contributed by atoms with van der Waals surface area (Å²) in [6.45, 7) is 5.46. The first kappa shape index (κ1) is 54.5. The molecule has 0 heterocycles. The molecule has 0 bridgehead atoms. The van der Waals surface area contributed by atoms with Gasteiger partial charge in [-0.25, -0.2) is 0 Å². The summed E-state index contributed by atoms with van der Waals surface area (Å²) in [5, 5.41) is 0. The second-order valence-electron chi connectivity index (χ2n) is 17.5.